The Kier molecular flexibility index (Phi) is 5.61. The van der Waals surface area contributed by atoms with Crippen molar-refractivity contribution in [2.24, 2.45) is 11.7 Å². The highest BCUT2D eigenvalue weighted by Gasteiger charge is 2.25. The molecule has 0 spiro atoms. The van der Waals surface area contributed by atoms with Gasteiger partial charge in [0, 0.05) is 30.0 Å². The number of benzene rings is 1. The van der Waals surface area contributed by atoms with Gasteiger partial charge in [-0.1, -0.05) is 28.1 Å². The predicted octanol–water partition coefficient (Wildman–Crippen LogP) is 1.90. The average molecular weight is 354 g/mol. The smallest absolute Gasteiger partial charge is 0.317 e. The molecule has 0 aromatic heterocycles. The number of nitrogens with two attached hydrogens (primary N) is 1. The first kappa shape index (κ1) is 15.8. The van der Waals surface area contributed by atoms with Crippen LogP contribution in [-0.2, 0) is 11.2 Å². The van der Waals surface area contributed by atoms with Crippen molar-refractivity contribution < 1.29 is 9.59 Å². The molecule has 0 saturated carbocycles. The largest absolute Gasteiger partial charge is 0.369 e. The number of piperidine rings is 1. The van der Waals surface area contributed by atoms with Crippen molar-refractivity contribution in [3.63, 3.8) is 0 Å². The van der Waals surface area contributed by atoms with E-state index in [1.54, 1.807) is 4.90 Å². The Morgan fingerprint density at radius 2 is 1.86 bits per heavy atom. The van der Waals surface area contributed by atoms with E-state index in [4.69, 9.17) is 5.73 Å². The van der Waals surface area contributed by atoms with Crippen LogP contribution in [0.5, 0.6) is 0 Å². The molecule has 0 aliphatic carbocycles. The number of likely N-dealkylation sites (tertiary alicyclic amines) is 1. The van der Waals surface area contributed by atoms with Crippen molar-refractivity contribution in [1.29, 1.82) is 0 Å². The standard InChI is InChI=1S/C15H20BrN3O2/c16-13-3-1-11(2-4-13)5-8-18-15(21)19-9-6-12(7-10-19)14(17)20/h1-4,12H,5-10H2,(H2,17,20)(H,18,21). The number of amides is 3. The third-order valence-corrected chi connectivity index (χ3v) is 4.32. The number of hydrogen-bond donors (Lipinski definition) is 2. The highest BCUT2D eigenvalue weighted by Crippen LogP contribution is 2.16. The molecular weight excluding hydrogens is 334 g/mol. The van der Waals surface area contributed by atoms with E-state index in [9.17, 15) is 9.59 Å². The Balaban J connectivity index is 1.70. The molecule has 1 saturated heterocycles. The molecule has 21 heavy (non-hydrogen) atoms. The molecule has 1 heterocycles. The van der Waals surface area contributed by atoms with Gasteiger partial charge >= 0.3 is 6.03 Å². The molecule has 114 valence electrons. The summed E-state index contributed by atoms with van der Waals surface area (Å²) >= 11 is 3.39. The first-order chi connectivity index (χ1) is 10.1. The van der Waals surface area contributed by atoms with Gasteiger partial charge in [0.1, 0.15) is 0 Å². The normalized spacial score (nSPS) is 15.8. The van der Waals surface area contributed by atoms with Gasteiger partial charge in [-0.25, -0.2) is 4.79 Å². The zero-order chi connectivity index (χ0) is 15.2. The SMILES string of the molecule is NC(=O)C1CCN(C(=O)NCCc2ccc(Br)cc2)CC1. The van der Waals surface area contributed by atoms with Crippen LogP contribution in [0.4, 0.5) is 4.79 Å². The van der Waals surface area contributed by atoms with E-state index in [-0.39, 0.29) is 17.9 Å². The molecule has 1 aliphatic heterocycles. The number of primary amides is 1. The number of halogens is 1. The second-order valence-electron chi connectivity index (χ2n) is 5.27. The summed E-state index contributed by atoms with van der Waals surface area (Å²) < 4.78 is 1.05. The van der Waals surface area contributed by atoms with Crippen LogP contribution < -0.4 is 11.1 Å². The van der Waals surface area contributed by atoms with Crippen molar-refractivity contribution in [3.05, 3.63) is 34.3 Å². The second-order valence-corrected chi connectivity index (χ2v) is 6.19. The molecule has 0 atom stereocenters. The number of rotatable bonds is 4. The molecule has 0 unspecified atom stereocenters. The van der Waals surface area contributed by atoms with E-state index in [1.807, 2.05) is 24.3 Å². The first-order valence-electron chi connectivity index (χ1n) is 7.13. The molecule has 0 radical (unpaired) electrons. The fourth-order valence-electron chi connectivity index (χ4n) is 2.44. The number of carbonyl (C=O) groups excluding carboxylic acids is 2. The highest BCUT2D eigenvalue weighted by molar-refractivity contribution is 9.10. The molecule has 3 N–H and O–H groups in total. The maximum absolute atomic E-state index is 12.0. The first-order valence-corrected chi connectivity index (χ1v) is 7.92. The summed E-state index contributed by atoms with van der Waals surface area (Å²) in [5, 5.41) is 2.92. The van der Waals surface area contributed by atoms with Gasteiger partial charge in [-0.2, -0.15) is 0 Å². The van der Waals surface area contributed by atoms with E-state index in [1.165, 1.54) is 5.56 Å². The van der Waals surface area contributed by atoms with Gasteiger partial charge in [-0.3, -0.25) is 4.79 Å². The van der Waals surface area contributed by atoms with Crippen molar-refractivity contribution in [3.8, 4) is 0 Å². The van der Waals surface area contributed by atoms with E-state index in [0.29, 0.717) is 32.5 Å². The van der Waals surface area contributed by atoms with Gasteiger partial charge in [0.15, 0.2) is 0 Å². The molecule has 1 aromatic carbocycles. The van der Waals surface area contributed by atoms with Crippen LogP contribution in [0.25, 0.3) is 0 Å². The second kappa shape index (κ2) is 7.45. The minimum absolute atomic E-state index is 0.0602. The molecule has 6 heteroatoms. The van der Waals surface area contributed by atoms with E-state index < -0.39 is 0 Å². The third-order valence-electron chi connectivity index (χ3n) is 3.79. The van der Waals surface area contributed by atoms with Crippen LogP contribution in [0.1, 0.15) is 18.4 Å². The van der Waals surface area contributed by atoms with Crippen LogP contribution in [-0.4, -0.2) is 36.5 Å². The number of nitrogens with one attached hydrogen (secondary N) is 1. The lowest BCUT2D eigenvalue weighted by Gasteiger charge is -2.30. The van der Waals surface area contributed by atoms with Crippen LogP contribution >= 0.6 is 15.9 Å². The molecule has 5 nitrogen and oxygen atoms in total. The lowest BCUT2D eigenvalue weighted by molar-refractivity contribution is -0.123. The molecular formula is C15H20BrN3O2. The summed E-state index contributed by atoms with van der Waals surface area (Å²) in [5.74, 6) is -0.345. The number of carbonyl (C=O) groups is 2. The summed E-state index contributed by atoms with van der Waals surface area (Å²) in [5.41, 5.74) is 6.47. The number of urea groups is 1. The molecule has 1 fully saturated rings. The maximum atomic E-state index is 12.0. The van der Waals surface area contributed by atoms with Crippen molar-refractivity contribution >= 4 is 27.9 Å². The van der Waals surface area contributed by atoms with E-state index in [0.717, 1.165) is 10.9 Å². The summed E-state index contributed by atoms with van der Waals surface area (Å²) in [6.07, 6.45) is 2.13. The summed E-state index contributed by atoms with van der Waals surface area (Å²) in [6, 6.07) is 8.00. The van der Waals surface area contributed by atoms with E-state index in [2.05, 4.69) is 21.2 Å². The van der Waals surface area contributed by atoms with Gasteiger partial charge < -0.3 is 16.0 Å². The fourth-order valence-corrected chi connectivity index (χ4v) is 2.71. The maximum Gasteiger partial charge on any atom is 0.317 e. The lowest BCUT2D eigenvalue weighted by Crippen LogP contribution is -2.46. The number of nitrogens with zero attached hydrogens (tertiary/aromatic N) is 1. The van der Waals surface area contributed by atoms with Crippen LogP contribution in [0.3, 0.4) is 0 Å². The third kappa shape index (κ3) is 4.74. The van der Waals surface area contributed by atoms with Gasteiger partial charge in [0.25, 0.3) is 0 Å². The van der Waals surface area contributed by atoms with Gasteiger partial charge in [-0.15, -0.1) is 0 Å². The fraction of sp³-hybridized carbons (Fsp3) is 0.467. The lowest BCUT2D eigenvalue weighted by atomic mass is 9.96. The van der Waals surface area contributed by atoms with E-state index >= 15 is 0 Å². The summed E-state index contributed by atoms with van der Waals surface area (Å²) in [6.45, 7) is 1.80. The molecule has 2 rings (SSSR count). The van der Waals surface area contributed by atoms with Crippen LogP contribution in [0, 0.1) is 5.92 Å². The minimum Gasteiger partial charge on any atom is -0.369 e. The molecule has 3 amide bonds. The predicted molar refractivity (Wildman–Crippen MR) is 84.7 cm³/mol. The highest BCUT2D eigenvalue weighted by atomic mass is 79.9. The summed E-state index contributed by atoms with van der Waals surface area (Å²) in [4.78, 5) is 24.8. The zero-order valence-electron chi connectivity index (χ0n) is 11.8. The minimum atomic E-state index is -0.259. The zero-order valence-corrected chi connectivity index (χ0v) is 13.4. The number of hydrogen-bond acceptors (Lipinski definition) is 2. The summed E-state index contributed by atoms with van der Waals surface area (Å²) in [7, 11) is 0. The topological polar surface area (TPSA) is 75.4 Å². The van der Waals surface area contributed by atoms with Gasteiger partial charge in [0.2, 0.25) is 5.91 Å². The molecule has 1 aromatic rings. The van der Waals surface area contributed by atoms with Crippen molar-refractivity contribution in [2.45, 2.75) is 19.3 Å². The molecule has 0 bridgehead atoms. The monoisotopic (exact) mass is 353 g/mol. The van der Waals surface area contributed by atoms with Crippen LogP contribution in [0.15, 0.2) is 28.7 Å². The van der Waals surface area contributed by atoms with Gasteiger partial charge in [0.05, 0.1) is 0 Å². The Bertz CT molecular complexity index is 496. The molecule has 1 aliphatic rings. The van der Waals surface area contributed by atoms with Crippen molar-refractivity contribution in [1.82, 2.24) is 10.2 Å². The average Bonchev–Trinajstić information content (AvgIpc) is 2.49. The Labute approximate surface area is 133 Å². The Hall–Kier alpha value is -1.56. The van der Waals surface area contributed by atoms with Gasteiger partial charge in [-0.05, 0) is 37.0 Å². The Morgan fingerprint density at radius 1 is 1.24 bits per heavy atom. The Morgan fingerprint density at radius 3 is 2.43 bits per heavy atom. The quantitative estimate of drug-likeness (QED) is 0.867. The van der Waals surface area contributed by atoms with Crippen molar-refractivity contribution in [2.75, 3.05) is 19.6 Å². The van der Waals surface area contributed by atoms with Crippen LogP contribution in [0.2, 0.25) is 0 Å².